The average Bonchev–Trinajstić information content (AvgIpc) is 2.62. The maximum atomic E-state index is 5.50. The van der Waals surface area contributed by atoms with Gasteiger partial charge in [0.2, 0.25) is 0 Å². The average molecular weight is 124 g/mol. The summed E-state index contributed by atoms with van der Waals surface area (Å²) in [6.45, 7) is 3.77. The van der Waals surface area contributed by atoms with E-state index in [0.717, 1.165) is 0 Å². The van der Waals surface area contributed by atoms with Crippen LogP contribution in [-0.2, 0) is 4.74 Å². The van der Waals surface area contributed by atoms with Crippen LogP contribution >= 0.6 is 0 Å². The molecule has 50 valence electrons. The first-order valence-corrected chi connectivity index (χ1v) is 3.69. The summed E-state index contributed by atoms with van der Waals surface area (Å²) in [5.41, 5.74) is 0.151. The molecule has 9 heavy (non-hydrogen) atoms. The van der Waals surface area contributed by atoms with Gasteiger partial charge in [-0.2, -0.15) is 0 Å². The van der Waals surface area contributed by atoms with Gasteiger partial charge in [0.15, 0.2) is 0 Å². The van der Waals surface area contributed by atoms with Crippen LogP contribution < -0.4 is 0 Å². The van der Waals surface area contributed by atoms with E-state index in [1.165, 1.54) is 25.7 Å². The Morgan fingerprint density at radius 2 is 2.44 bits per heavy atom. The summed E-state index contributed by atoms with van der Waals surface area (Å²) in [6, 6.07) is 0. The number of ether oxygens (including phenoxy) is 1. The largest absolute Gasteiger partial charge is 0.362 e. The van der Waals surface area contributed by atoms with Crippen LogP contribution in [0.4, 0.5) is 0 Å². The van der Waals surface area contributed by atoms with Gasteiger partial charge in [-0.05, 0) is 12.8 Å². The predicted molar refractivity (Wildman–Crippen MR) is 36.3 cm³/mol. The molecule has 1 aliphatic carbocycles. The second-order valence-electron chi connectivity index (χ2n) is 3.01. The minimum atomic E-state index is 0.151. The summed E-state index contributed by atoms with van der Waals surface area (Å²) in [5, 5.41) is 0. The van der Waals surface area contributed by atoms with Crippen molar-refractivity contribution < 1.29 is 4.74 Å². The van der Waals surface area contributed by atoms with Crippen LogP contribution in [0.1, 0.15) is 25.7 Å². The smallest absolute Gasteiger partial charge is 0.113 e. The summed E-state index contributed by atoms with van der Waals surface area (Å²) in [5.74, 6) is 0. The first kappa shape index (κ1) is 5.48. The van der Waals surface area contributed by atoms with Crippen molar-refractivity contribution in [1.82, 2.24) is 0 Å². The minimum absolute atomic E-state index is 0.151. The van der Waals surface area contributed by atoms with Gasteiger partial charge in [0.05, 0.1) is 6.10 Å². The third-order valence-corrected chi connectivity index (χ3v) is 2.48. The Kier molecular flexibility index (Phi) is 0.974. The first-order valence-electron chi connectivity index (χ1n) is 3.69. The van der Waals surface area contributed by atoms with Crippen molar-refractivity contribution in [2.45, 2.75) is 37.4 Å². The van der Waals surface area contributed by atoms with Gasteiger partial charge in [-0.25, -0.2) is 0 Å². The summed E-state index contributed by atoms with van der Waals surface area (Å²) >= 11 is 0. The maximum absolute atomic E-state index is 5.50. The molecule has 0 bridgehead atoms. The molecule has 2 atom stereocenters. The Hall–Kier alpha value is -0.300. The lowest BCUT2D eigenvalue weighted by Crippen LogP contribution is -2.15. The molecule has 2 rings (SSSR count). The van der Waals surface area contributed by atoms with Gasteiger partial charge in [-0.1, -0.05) is 18.9 Å². The third-order valence-electron chi connectivity index (χ3n) is 2.48. The van der Waals surface area contributed by atoms with E-state index >= 15 is 0 Å². The fourth-order valence-corrected chi connectivity index (χ4v) is 1.77. The van der Waals surface area contributed by atoms with Gasteiger partial charge in [0.25, 0.3) is 0 Å². The molecule has 1 heterocycles. The molecule has 0 amide bonds. The Balaban J connectivity index is 2.09. The molecule has 0 N–H and O–H groups in total. The molecule has 1 nitrogen and oxygen atoms in total. The molecule has 0 radical (unpaired) electrons. The lowest BCUT2D eigenvalue weighted by Gasteiger charge is -2.11. The fraction of sp³-hybridized carbons (Fsp3) is 0.750. The Labute approximate surface area is 55.7 Å². The van der Waals surface area contributed by atoms with E-state index < -0.39 is 0 Å². The normalized spacial score (nSPS) is 47.8. The third kappa shape index (κ3) is 0.645. The van der Waals surface area contributed by atoms with Gasteiger partial charge in [-0.15, -0.1) is 6.58 Å². The van der Waals surface area contributed by atoms with Crippen molar-refractivity contribution in [3.8, 4) is 0 Å². The van der Waals surface area contributed by atoms with Crippen LogP contribution in [-0.4, -0.2) is 11.7 Å². The highest BCUT2D eigenvalue weighted by atomic mass is 16.6. The van der Waals surface area contributed by atoms with Crippen LogP contribution in [0.15, 0.2) is 12.7 Å². The summed E-state index contributed by atoms with van der Waals surface area (Å²) in [7, 11) is 0. The van der Waals surface area contributed by atoms with Crippen LogP contribution in [0.5, 0.6) is 0 Å². The zero-order valence-corrected chi connectivity index (χ0v) is 5.60. The summed E-state index contributed by atoms with van der Waals surface area (Å²) in [6.07, 6.45) is 7.66. The van der Waals surface area contributed by atoms with Crippen molar-refractivity contribution >= 4 is 0 Å². The standard InChI is InChI=1S/C8H12O/c1-2-8-6-4-3-5-7(8)9-8/h2,7H,1,3-6H2. The summed E-state index contributed by atoms with van der Waals surface area (Å²) < 4.78 is 5.50. The molecular weight excluding hydrogens is 112 g/mol. The molecule has 1 aliphatic heterocycles. The lowest BCUT2D eigenvalue weighted by atomic mass is 9.89. The van der Waals surface area contributed by atoms with E-state index in [1.807, 2.05) is 6.08 Å². The van der Waals surface area contributed by atoms with Crippen molar-refractivity contribution in [3.05, 3.63) is 12.7 Å². The first-order chi connectivity index (χ1) is 4.37. The van der Waals surface area contributed by atoms with Crippen LogP contribution in [0.2, 0.25) is 0 Å². The number of fused-ring (bicyclic) bond motifs is 1. The molecule has 0 aromatic rings. The Bertz CT molecular complexity index is 142. The highest BCUT2D eigenvalue weighted by molar-refractivity contribution is 5.15. The van der Waals surface area contributed by atoms with E-state index in [-0.39, 0.29) is 5.60 Å². The van der Waals surface area contributed by atoms with Crippen molar-refractivity contribution in [2.75, 3.05) is 0 Å². The maximum Gasteiger partial charge on any atom is 0.113 e. The summed E-state index contributed by atoms with van der Waals surface area (Å²) in [4.78, 5) is 0. The second kappa shape index (κ2) is 1.60. The fourth-order valence-electron chi connectivity index (χ4n) is 1.77. The van der Waals surface area contributed by atoms with Crippen molar-refractivity contribution in [1.29, 1.82) is 0 Å². The van der Waals surface area contributed by atoms with E-state index in [2.05, 4.69) is 6.58 Å². The molecule has 1 saturated heterocycles. The van der Waals surface area contributed by atoms with Gasteiger partial charge < -0.3 is 4.74 Å². The van der Waals surface area contributed by atoms with Gasteiger partial charge >= 0.3 is 0 Å². The Morgan fingerprint density at radius 3 is 3.00 bits per heavy atom. The van der Waals surface area contributed by atoms with E-state index in [4.69, 9.17) is 4.74 Å². The molecule has 2 fully saturated rings. The predicted octanol–water partition coefficient (Wildman–Crippen LogP) is 1.88. The molecule has 0 aromatic carbocycles. The molecule has 2 unspecified atom stereocenters. The highest BCUT2D eigenvalue weighted by Crippen LogP contribution is 2.48. The molecule has 1 heteroatoms. The number of rotatable bonds is 1. The topological polar surface area (TPSA) is 12.5 Å². The molecule has 2 aliphatic rings. The monoisotopic (exact) mass is 124 g/mol. The van der Waals surface area contributed by atoms with Crippen LogP contribution in [0.25, 0.3) is 0 Å². The zero-order chi connectivity index (χ0) is 6.32. The quantitative estimate of drug-likeness (QED) is 0.384. The van der Waals surface area contributed by atoms with Crippen molar-refractivity contribution in [3.63, 3.8) is 0 Å². The van der Waals surface area contributed by atoms with Crippen LogP contribution in [0, 0.1) is 0 Å². The highest BCUT2D eigenvalue weighted by Gasteiger charge is 2.54. The number of epoxide rings is 1. The van der Waals surface area contributed by atoms with Crippen LogP contribution in [0.3, 0.4) is 0 Å². The molecule has 1 saturated carbocycles. The number of hydrogen-bond donors (Lipinski definition) is 0. The van der Waals surface area contributed by atoms with Gasteiger partial charge in [-0.3, -0.25) is 0 Å². The zero-order valence-electron chi connectivity index (χ0n) is 5.60. The van der Waals surface area contributed by atoms with E-state index in [0.29, 0.717) is 6.10 Å². The van der Waals surface area contributed by atoms with Crippen molar-refractivity contribution in [2.24, 2.45) is 0 Å². The SMILES string of the molecule is C=CC12CCCCC1O2. The minimum Gasteiger partial charge on any atom is -0.362 e. The van der Waals surface area contributed by atoms with Gasteiger partial charge in [0, 0.05) is 0 Å². The van der Waals surface area contributed by atoms with Gasteiger partial charge in [0.1, 0.15) is 5.60 Å². The van der Waals surface area contributed by atoms with E-state index in [9.17, 15) is 0 Å². The molecule has 0 aromatic heterocycles. The Morgan fingerprint density at radius 1 is 1.56 bits per heavy atom. The number of hydrogen-bond acceptors (Lipinski definition) is 1. The second-order valence-corrected chi connectivity index (χ2v) is 3.01. The molecule has 0 spiro atoms. The van der Waals surface area contributed by atoms with E-state index in [1.54, 1.807) is 0 Å². The molecular formula is C8H12O. The lowest BCUT2D eigenvalue weighted by molar-refractivity contribution is 0.329.